The number of hydrogen-bond donors (Lipinski definition) is 0. The van der Waals surface area contributed by atoms with E-state index < -0.39 is 0 Å². The van der Waals surface area contributed by atoms with E-state index in [9.17, 15) is 0 Å². The van der Waals surface area contributed by atoms with Crippen molar-refractivity contribution in [2.24, 2.45) is 0 Å². The van der Waals surface area contributed by atoms with Crippen molar-refractivity contribution < 1.29 is 0 Å². The highest BCUT2D eigenvalue weighted by molar-refractivity contribution is 6.30. The fraction of sp³-hybridized carbons (Fsp3) is 0.600. The van der Waals surface area contributed by atoms with Crippen molar-refractivity contribution in [2.75, 3.05) is 0 Å². The van der Waals surface area contributed by atoms with Crippen LogP contribution in [0.4, 0.5) is 0 Å². The first kappa shape index (κ1) is 8.95. The van der Waals surface area contributed by atoms with E-state index in [1.54, 1.807) is 0 Å². The zero-order valence-corrected chi connectivity index (χ0v) is 8.73. The second-order valence-electron chi connectivity index (χ2n) is 3.57. The third-order valence-electron chi connectivity index (χ3n) is 2.48. The molecule has 0 saturated heterocycles. The van der Waals surface area contributed by atoms with Crippen molar-refractivity contribution in [3.63, 3.8) is 0 Å². The molecule has 0 amide bonds. The van der Waals surface area contributed by atoms with Crippen LogP contribution >= 0.6 is 11.6 Å². The fourth-order valence-corrected chi connectivity index (χ4v) is 1.61. The minimum absolute atomic E-state index is 0.586. The normalized spacial score (nSPS) is 16.2. The Bertz CT molecular complexity index is 332. The van der Waals surface area contributed by atoms with Gasteiger partial charge in [0.15, 0.2) is 0 Å². The predicted molar refractivity (Wildman–Crippen MR) is 53.1 cm³/mol. The maximum absolute atomic E-state index is 6.02. The molecule has 2 nitrogen and oxygen atoms in total. The minimum atomic E-state index is 0.586. The van der Waals surface area contributed by atoms with E-state index in [-0.39, 0.29) is 0 Å². The summed E-state index contributed by atoms with van der Waals surface area (Å²) in [7, 11) is 0. The lowest BCUT2D eigenvalue weighted by Gasteiger charge is -2.06. The Hall–Kier alpha value is -0.630. The van der Waals surface area contributed by atoms with Gasteiger partial charge < -0.3 is 0 Å². The summed E-state index contributed by atoms with van der Waals surface area (Å²) in [6.45, 7) is 4.08. The summed E-state index contributed by atoms with van der Waals surface area (Å²) >= 11 is 6.02. The standard InChI is InChI=1S/C10H13ClN2/c1-3-8-6(2)9(11)13-10(12-8)7-4-5-7/h7H,3-5H2,1-2H3. The molecule has 1 aromatic heterocycles. The van der Waals surface area contributed by atoms with E-state index in [4.69, 9.17) is 11.6 Å². The van der Waals surface area contributed by atoms with Gasteiger partial charge in [-0.15, -0.1) is 0 Å². The number of nitrogens with zero attached hydrogens (tertiary/aromatic N) is 2. The maximum Gasteiger partial charge on any atom is 0.135 e. The van der Waals surface area contributed by atoms with Crippen LogP contribution in [0.2, 0.25) is 5.15 Å². The van der Waals surface area contributed by atoms with Crippen molar-refractivity contribution in [3.8, 4) is 0 Å². The largest absolute Gasteiger partial charge is 0.237 e. The van der Waals surface area contributed by atoms with Gasteiger partial charge in [0.2, 0.25) is 0 Å². The molecule has 1 aliphatic carbocycles. The van der Waals surface area contributed by atoms with Crippen LogP contribution < -0.4 is 0 Å². The van der Waals surface area contributed by atoms with Crippen LogP contribution in [0.5, 0.6) is 0 Å². The highest BCUT2D eigenvalue weighted by Gasteiger charge is 2.27. The molecule has 1 heterocycles. The van der Waals surface area contributed by atoms with Crippen LogP contribution in [0.25, 0.3) is 0 Å². The molecule has 1 aliphatic rings. The number of aromatic nitrogens is 2. The molecular weight excluding hydrogens is 184 g/mol. The van der Waals surface area contributed by atoms with Crippen molar-refractivity contribution in [1.29, 1.82) is 0 Å². The smallest absolute Gasteiger partial charge is 0.135 e. The Morgan fingerprint density at radius 1 is 1.38 bits per heavy atom. The molecule has 0 aromatic carbocycles. The lowest BCUT2D eigenvalue weighted by Crippen LogP contribution is -2.01. The molecule has 1 saturated carbocycles. The van der Waals surface area contributed by atoms with Crippen molar-refractivity contribution >= 4 is 11.6 Å². The Morgan fingerprint density at radius 3 is 2.62 bits per heavy atom. The molecule has 70 valence electrons. The van der Waals surface area contributed by atoms with Crippen LogP contribution in [-0.2, 0) is 6.42 Å². The van der Waals surface area contributed by atoms with Gasteiger partial charge >= 0.3 is 0 Å². The maximum atomic E-state index is 6.02. The van der Waals surface area contributed by atoms with Gasteiger partial charge in [0.1, 0.15) is 11.0 Å². The second-order valence-corrected chi connectivity index (χ2v) is 3.93. The molecule has 0 N–H and O–H groups in total. The molecule has 3 heteroatoms. The van der Waals surface area contributed by atoms with E-state index in [1.165, 1.54) is 12.8 Å². The SMILES string of the molecule is CCc1nc(C2CC2)nc(Cl)c1C. The first-order valence-corrected chi connectivity index (χ1v) is 5.13. The number of halogens is 1. The van der Waals surface area contributed by atoms with Gasteiger partial charge in [-0.2, -0.15) is 0 Å². The quantitative estimate of drug-likeness (QED) is 0.680. The summed E-state index contributed by atoms with van der Waals surface area (Å²) in [5.41, 5.74) is 2.13. The summed E-state index contributed by atoms with van der Waals surface area (Å²) in [4.78, 5) is 8.82. The highest BCUT2D eigenvalue weighted by Crippen LogP contribution is 2.38. The molecule has 0 atom stereocenters. The average Bonchev–Trinajstić information content (AvgIpc) is 2.92. The van der Waals surface area contributed by atoms with Gasteiger partial charge in [-0.05, 0) is 26.2 Å². The van der Waals surface area contributed by atoms with Crippen LogP contribution in [-0.4, -0.2) is 9.97 Å². The fourth-order valence-electron chi connectivity index (χ4n) is 1.42. The monoisotopic (exact) mass is 196 g/mol. The summed E-state index contributed by atoms with van der Waals surface area (Å²) in [5.74, 6) is 1.54. The molecule has 0 spiro atoms. The number of hydrogen-bond acceptors (Lipinski definition) is 2. The van der Waals surface area contributed by atoms with Crippen LogP contribution in [0, 0.1) is 6.92 Å². The Kier molecular flexibility index (Phi) is 2.24. The molecule has 1 fully saturated rings. The van der Waals surface area contributed by atoms with Gasteiger partial charge in [0, 0.05) is 17.2 Å². The van der Waals surface area contributed by atoms with E-state index in [2.05, 4.69) is 16.9 Å². The van der Waals surface area contributed by atoms with Crippen LogP contribution in [0.3, 0.4) is 0 Å². The molecule has 0 radical (unpaired) electrons. The molecule has 1 aromatic rings. The number of rotatable bonds is 2. The second kappa shape index (κ2) is 3.26. The topological polar surface area (TPSA) is 25.8 Å². The van der Waals surface area contributed by atoms with Gasteiger partial charge in [0.25, 0.3) is 0 Å². The minimum Gasteiger partial charge on any atom is -0.237 e. The van der Waals surface area contributed by atoms with Crippen molar-refractivity contribution in [2.45, 2.75) is 39.0 Å². The molecule has 2 rings (SSSR count). The Labute approximate surface area is 83.4 Å². The van der Waals surface area contributed by atoms with Gasteiger partial charge in [-0.25, -0.2) is 9.97 Å². The predicted octanol–water partition coefficient (Wildman–Crippen LogP) is 2.88. The Morgan fingerprint density at radius 2 is 2.08 bits per heavy atom. The van der Waals surface area contributed by atoms with E-state index >= 15 is 0 Å². The summed E-state index contributed by atoms with van der Waals surface area (Å²) in [6, 6.07) is 0. The first-order chi connectivity index (χ1) is 6.22. The lowest BCUT2D eigenvalue weighted by molar-refractivity contribution is 0.864. The van der Waals surface area contributed by atoms with Gasteiger partial charge in [-0.1, -0.05) is 18.5 Å². The molecule has 0 aliphatic heterocycles. The van der Waals surface area contributed by atoms with Gasteiger partial charge in [0.05, 0.1) is 0 Å². The third kappa shape index (κ3) is 1.68. The van der Waals surface area contributed by atoms with E-state index in [1.807, 2.05) is 6.92 Å². The van der Waals surface area contributed by atoms with Crippen molar-refractivity contribution in [1.82, 2.24) is 9.97 Å². The first-order valence-electron chi connectivity index (χ1n) is 4.75. The number of aryl methyl sites for hydroxylation is 1. The summed E-state index contributed by atoms with van der Waals surface area (Å²) < 4.78 is 0. The van der Waals surface area contributed by atoms with Crippen molar-refractivity contribution in [3.05, 3.63) is 22.2 Å². The van der Waals surface area contributed by atoms with Gasteiger partial charge in [-0.3, -0.25) is 0 Å². The van der Waals surface area contributed by atoms with Crippen LogP contribution in [0.15, 0.2) is 0 Å². The zero-order valence-electron chi connectivity index (χ0n) is 7.97. The Balaban J connectivity index is 2.43. The lowest BCUT2D eigenvalue weighted by atomic mass is 10.2. The summed E-state index contributed by atoms with van der Waals surface area (Å²) in [5, 5.41) is 0.633. The van der Waals surface area contributed by atoms with Crippen LogP contribution in [0.1, 0.15) is 42.8 Å². The molecule has 13 heavy (non-hydrogen) atoms. The average molecular weight is 197 g/mol. The van der Waals surface area contributed by atoms with E-state index in [0.717, 1.165) is 23.5 Å². The molecule has 0 bridgehead atoms. The summed E-state index contributed by atoms with van der Waals surface area (Å²) in [6.07, 6.45) is 3.39. The highest BCUT2D eigenvalue weighted by atomic mass is 35.5. The third-order valence-corrected chi connectivity index (χ3v) is 2.85. The zero-order chi connectivity index (χ0) is 9.42. The molecular formula is C10H13ClN2. The van der Waals surface area contributed by atoms with E-state index in [0.29, 0.717) is 11.1 Å². The molecule has 0 unspecified atom stereocenters.